The quantitative estimate of drug-likeness (QED) is 0.727. The van der Waals surface area contributed by atoms with Gasteiger partial charge in [-0.05, 0) is 59.7 Å². The molecule has 0 spiro atoms. The number of nitriles is 1. The molecule has 0 radical (unpaired) electrons. The average Bonchev–Trinajstić information content (AvgIpc) is 2.55. The lowest BCUT2D eigenvalue weighted by Gasteiger charge is -2.44. The number of nitrogens with zero attached hydrogens (tertiary/aromatic N) is 2. The number of carbonyl (C=O) groups is 1. The van der Waals surface area contributed by atoms with E-state index in [1.54, 1.807) is 4.90 Å². The summed E-state index contributed by atoms with van der Waals surface area (Å²) in [6.07, 6.45) is 2.72. The summed E-state index contributed by atoms with van der Waals surface area (Å²) in [6, 6.07) is 2.46. The predicted octanol–water partition coefficient (Wildman–Crippen LogP) is 3.66. The van der Waals surface area contributed by atoms with Gasteiger partial charge in [0.1, 0.15) is 11.1 Å². The molecule has 2 rings (SSSR count). The molecule has 2 fully saturated rings. The van der Waals surface area contributed by atoms with E-state index in [-0.39, 0.29) is 18.2 Å². The zero-order chi connectivity index (χ0) is 16.8. The lowest BCUT2D eigenvalue weighted by molar-refractivity contribution is -0.0228. The van der Waals surface area contributed by atoms with Gasteiger partial charge in [-0.3, -0.25) is 4.90 Å². The molecule has 0 aromatic carbocycles. The van der Waals surface area contributed by atoms with Gasteiger partial charge >= 0.3 is 6.09 Å². The van der Waals surface area contributed by atoms with Crippen LogP contribution in [0.3, 0.4) is 0 Å². The van der Waals surface area contributed by atoms with Crippen LogP contribution < -0.4 is 0 Å². The molecular weight excluding hydrogens is 296 g/mol. The number of hydrogen-bond donors (Lipinski definition) is 0. The van der Waals surface area contributed by atoms with Crippen LogP contribution in [0.1, 0.15) is 46.5 Å². The summed E-state index contributed by atoms with van der Waals surface area (Å²) in [5, 5.41) is 9.76. The molecule has 0 aromatic heterocycles. The lowest BCUT2D eigenvalue weighted by atomic mass is 9.88. The minimum Gasteiger partial charge on any atom is -0.444 e. The minimum absolute atomic E-state index is 0.0598. The van der Waals surface area contributed by atoms with Crippen LogP contribution in [0.25, 0.3) is 0 Å². The van der Waals surface area contributed by atoms with Crippen molar-refractivity contribution in [2.24, 2.45) is 0 Å². The third kappa shape index (κ3) is 3.64. The molecule has 0 saturated carbocycles. The summed E-state index contributed by atoms with van der Waals surface area (Å²) < 4.78 is 11.7. The van der Waals surface area contributed by atoms with Gasteiger partial charge in [-0.15, -0.1) is 0 Å². The maximum absolute atomic E-state index is 12.6. The first kappa shape index (κ1) is 17.3. The summed E-state index contributed by atoms with van der Waals surface area (Å²) in [5.41, 5.74) is -1.30. The Kier molecular flexibility index (Phi) is 4.35. The Morgan fingerprint density at radius 1 is 1.36 bits per heavy atom. The van der Waals surface area contributed by atoms with Crippen molar-refractivity contribution in [2.45, 2.75) is 89.4 Å². The van der Waals surface area contributed by atoms with Crippen molar-refractivity contribution in [2.75, 3.05) is 0 Å². The molecule has 2 bridgehead atoms. The van der Waals surface area contributed by atoms with Crippen molar-refractivity contribution in [1.29, 1.82) is 5.26 Å². The summed E-state index contributed by atoms with van der Waals surface area (Å²) in [4.78, 5) is 14.2. The second-order valence-electron chi connectivity index (χ2n) is 8.48. The highest BCUT2D eigenvalue weighted by Crippen LogP contribution is 2.45. The van der Waals surface area contributed by atoms with E-state index < -0.39 is 19.5 Å². The topological polar surface area (TPSA) is 62.6 Å². The molecular formula is C16H28N2O3Si. The standard InChI is InChI=1S/C16H28N2O3Si/c1-15(2,3)20-14(19)18-12-7-8-16(18,11-17)10-13(9-12)21-22(4,5)6/h12-13H,7-10H2,1-6H3. The van der Waals surface area contributed by atoms with Crippen LogP contribution >= 0.6 is 0 Å². The van der Waals surface area contributed by atoms with E-state index in [1.165, 1.54) is 0 Å². The molecule has 3 atom stereocenters. The molecule has 22 heavy (non-hydrogen) atoms. The molecule has 0 aromatic rings. The molecule has 2 aliphatic rings. The molecule has 1 amide bonds. The highest BCUT2D eigenvalue weighted by Gasteiger charge is 2.56. The third-order valence-electron chi connectivity index (χ3n) is 4.14. The zero-order valence-electron chi connectivity index (χ0n) is 14.6. The molecule has 5 nitrogen and oxygen atoms in total. The van der Waals surface area contributed by atoms with Crippen LogP contribution in [0.15, 0.2) is 0 Å². The first-order valence-corrected chi connectivity index (χ1v) is 11.5. The number of carbonyl (C=O) groups excluding carboxylic acids is 1. The molecule has 2 saturated heterocycles. The van der Waals surface area contributed by atoms with Gasteiger partial charge in [0.2, 0.25) is 0 Å². The number of hydrogen-bond acceptors (Lipinski definition) is 4. The second kappa shape index (κ2) is 5.54. The maximum Gasteiger partial charge on any atom is 0.411 e. The molecule has 124 valence electrons. The van der Waals surface area contributed by atoms with Gasteiger partial charge in [-0.25, -0.2) is 4.79 Å². The Hall–Kier alpha value is -1.06. The number of fused-ring (bicyclic) bond motifs is 2. The average molecular weight is 324 g/mol. The molecule has 3 unspecified atom stereocenters. The molecule has 6 heteroatoms. The van der Waals surface area contributed by atoms with Crippen molar-refractivity contribution in [3.05, 3.63) is 0 Å². The first-order chi connectivity index (χ1) is 9.96. The van der Waals surface area contributed by atoms with E-state index in [0.717, 1.165) is 19.3 Å². The van der Waals surface area contributed by atoms with E-state index >= 15 is 0 Å². The van der Waals surface area contributed by atoms with Gasteiger partial charge in [0.15, 0.2) is 8.32 Å². The summed E-state index contributed by atoms with van der Waals surface area (Å²) in [6.45, 7) is 12.0. The van der Waals surface area contributed by atoms with E-state index in [9.17, 15) is 10.1 Å². The summed E-state index contributed by atoms with van der Waals surface area (Å²) in [5.74, 6) is 0. The largest absolute Gasteiger partial charge is 0.444 e. The smallest absolute Gasteiger partial charge is 0.411 e. The van der Waals surface area contributed by atoms with Gasteiger partial charge in [0.25, 0.3) is 0 Å². The van der Waals surface area contributed by atoms with Crippen molar-refractivity contribution in [1.82, 2.24) is 4.90 Å². The predicted molar refractivity (Wildman–Crippen MR) is 86.9 cm³/mol. The fraction of sp³-hybridized carbons (Fsp3) is 0.875. The molecule has 2 aliphatic heterocycles. The number of amides is 1. The Bertz CT molecular complexity index is 489. The first-order valence-electron chi connectivity index (χ1n) is 8.07. The molecule has 0 aliphatic carbocycles. The Balaban J connectivity index is 2.19. The van der Waals surface area contributed by atoms with Crippen molar-refractivity contribution < 1.29 is 14.0 Å². The summed E-state index contributed by atoms with van der Waals surface area (Å²) >= 11 is 0. The normalized spacial score (nSPS) is 31.8. The SMILES string of the molecule is CC(C)(C)OC(=O)N1C2CCC1(C#N)CC(O[Si](C)(C)C)C2. The monoisotopic (exact) mass is 324 g/mol. The van der Waals surface area contributed by atoms with Crippen molar-refractivity contribution >= 4 is 14.4 Å². The Labute approximate surface area is 134 Å². The van der Waals surface area contributed by atoms with Crippen molar-refractivity contribution in [3.8, 4) is 6.07 Å². The minimum atomic E-state index is -1.65. The Morgan fingerprint density at radius 3 is 2.50 bits per heavy atom. The van der Waals surface area contributed by atoms with Crippen LogP contribution in [0.5, 0.6) is 0 Å². The number of ether oxygens (including phenoxy) is 1. The Morgan fingerprint density at radius 2 is 2.00 bits per heavy atom. The van der Waals surface area contributed by atoms with Crippen LogP contribution in [0.2, 0.25) is 19.6 Å². The fourth-order valence-corrected chi connectivity index (χ4v) is 4.75. The van der Waals surface area contributed by atoms with Crippen LogP contribution in [-0.4, -0.2) is 42.6 Å². The third-order valence-corrected chi connectivity index (χ3v) is 5.18. The molecule has 2 heterocycles. The second-order valence-corrected chi connectivity index (χ2v) is 12.9. The number of rotatable bonds is 2. The van der Waals surface area contributed by atoms with E-state index in [0.29, 0.717) is 6.42 Å². The molecule has 0 N–H and O–H groups in total. The van der Waals surface area contributed by atoms with Crippen molar-refractivity contribution in [3.63, 3.8) is 0 Å². The van der Waals surface area contributed by atoms with E-state index in [4.69, 9.17) is 9.16 Å². The highest BCUT2D eigenvalue weighted by atomic mass is 28.4. The van der Waals surface area contributed by atoms with Gasteiger partial charge in [0.05, 0.1) is 12.2 Å². The van der Waals surface area contributed by atoms with Gasteiger partial charge in [-0.2, -0.15) is 5.26 Å². The summed E-state index contributed by atoms with van der Waals surface area (Å²) in [7, 11) is -1.65. The highest BCUT2D eigenvalue weighted by molar-refractivity contribution is 6.69. The lowest BCUT2D eigenvalue weighted by Crippen LogP contribution is -2.58. The van der Waals surface area contributed by atoms with Crippen LogP contribution in [0, 0.1) is 11.3 Å². The number of piperidine rings is 1. The zero-order valence-corrected chi connectivity index (χ0v) is 15.6. The van der Waals surface area contributed by atoms with E-state index in [2.05, 4.69) is 25.7 Å². The maximum atomic E-state index is 12.6. The van der Waals surface area contributed by atoms with Gasteiger partial charge in [0, 0.05) is 12.5 Å². The van der Waals surface area contributed by atoms with E-state index in [1.807, 2.05) is 20.8 Å². The van der Waals surface area contributed by atoms with Gasteiger partial charge < -0.3 is 9.16 Å². The van der Waals surface area contributed by atoms with Crippen LogP contribution in [-0.2, 0) is 9.16 Å². The fourth-order valence-electron chi connectivity index (χ4n) is 3.57. The van der Waals surface area contributed by atoms with Crippen LogP contribution in [0.4, 0.5) is 4.79 Å². The van der Waals surface area contributed by atoms with Gasteiger partial charge in [-0.1, -0.05) is 0 Å².